The smallest absolute Gasteiger partial charge is 0.298 e. The molecule has 1 saturated heterocycles. The van der Waals surface area contributed by atoms with Gasteiger partial charge in [-0.3, -0.25) is 0 Å². The van der Waals surface area contributed by atoms with Crippen molar-refractivity contribution in [2.75, 3.05) is 13.2 Å². The molecule has 0 spiro atoms. The molecule has 0 N–H and O–H groups in total. The fourth-order valence-electron chi connectivity index (χ4n) is 2.21. The van der Waals surface area contributed by atoms with Gasteiger partial charge in [0.15, 0.2) is 0 Å². The molecule has 0 aliphatic carbocycles. The van der Waals surface area contributed by atoms with Crippen molar-refractivity contribution in [2.24, 2.45) is 0 Å². The Morgan fingerprint density at radius 1 is 1.53 bits per heavy atom. The summed E-state index contributed by atoms with van der Waals surface area (Å²) in [6.45, 7) is 6.44. The van der Waals surface area contributed by atoms with Crippen molar-refractivity contribution in [3.8, 4) is 0 Å². The Bertz CT molecular complexity index is 451. The summed E-state index contributed by atoms with van der Waals surface area (Å²) < 4.78 is 39.0. The largest absolute Gasteiger partial charge is 0.494 e. The van der Waals surface area contributed by atoms with Crippen LogP contribution in [-0.4, -0.2) is 19.3 Å². The maximum Gasteiger partial charge on any atom is 0.298 e. The maximum absolute atomic E-state index is 14.3. The summed E-state index contributed by atoms with van der Waals surface area (Å²) in [5.74, 6) is -2.56. The van der Waals surface area contributed by atoms with Crippen molar-refractivity contribution in [3.05, 3.63) is 42.0 Å². The summed E-state index contributed by atoms with van der Waals surface area (Å²) in [7, 11) is 0. The van der Waals surface area contributed by atoms with Crippen LogP contribution in [0.5, 0.6) is 0 Å². The van der Waals surface area contributed by atoms with Crippen LogP contribution in [0.2, 0.25) is 0 Å². The first-order valence-corrected chi connectivity index (χ1v) is 6.47. The molecular weight excluding hydrogens is 250 g/mol. The second kappa shape index (κ2) is 5.70. The lowest BCUT2D eigenvalue weighted by atomic mass is 9.99. The Labute approximate surface area is 112 Å². The molecule has 2 nitrogen and oxygen atoms in total. The van der Waals surface area contributed by atoms with E-state index in [4.69, 9.17) is 9.47 Å². The second-order valence-electron chi connectivity index (χ2n) is 4.56. The number of alkyl halides is 2. The molecule has 1 heterocycles. The third-order valence-electron chi connectivity index (χ3n) is 3.22. The third kappa shape index (κ3) is 2.95. The molecule has 1 fully saturated rings. The summed E-state index contributed by atoms with van der Waals surface area (Å²) >= 11 is 0. The fourth-order valence-corrected chi connectivity index (χ4v) is 2.21. The van der Waals surface area contributed by atoms with Gasteiger partial charge in [0.05, 0.1) is 6.61 Å². The SMILES string of the molecule is C=C(OCC)c1cccc(C(F)(F)C2CCCO2)c1. The van der Waals surface area contributed by atoms with Gasteiger partial charge in [0.2, 0.25) is 0 Å². The Kier molecular flexibility index (Phi) is 4.20. The number of halogens is 2. The summed E-state index contributed by atoms with van der Waals surface area (Å²) in [6.07, 6.45) is 0.0537. The van der Waals surface area contributed by atoms with Gasteiger partial charge in [0.25, 0.3) is 5.92 Å². The van der Waals surface area contributed by atoms with Gasteiger partial charge in [-0.05, 0) is 25.8 Å². The Morgan fingerprint density at radius 3 is 2.95 bits per heavy atom. The van der Waals surface area contributed by atoms with E-state index in [9.17, 15) is 8.78 Å². The van der Waals surface area contributed by atoms with Gasteiger partial charge in [-0.25, -0.2) is 0 Å². The molecular formula is C15H18F2O2. The van der Waals surface area contributed by atoms with Crippen LogP contribution in [0.4, 0.5) is 8.78 Å². The van der Waals surface area contributed by atoms with Crippen LogP contribution in [0.1, 0.15) is 30.9 Å². The lowest BCUT2D eigenvalue weighted by Gasteiger charge is -2.23. The molecule has 0 aromatic heterocycles. The predicted octanol–water partition coefficient (Wildman–Crippen LogP) is 3.96. The Hall–Kier alpha value is -1.42. The molecule has 4 heteroatoms. The monoisotopic (exact) mass is 268 g/mol. The van der Waals surface area contributed by atoms with Crippen LogP contribution in [0, 0.1) is 0 Å². The van der Waals surface area contributed by atoms with Crippen LogP contribution in [-0.2, 0) is 15.4 Å². The molecule has 1 atom stereocenters. The van der Waals surface area contributed by atoms with Crippen LogP contribution in [0.15, 0.2) is 30.8 Å². The highest BCUT2D eigenvalue weighted by atomic mass is 19.3. The van der Waals surface area contributed by atoms with E-state index in [2.05, 4.69) is 6.58 Å². The molecule has 1 aliphatic heterocycles. The van der Waals surface area contributed by atoms with Crippen molar-refractivity contribution >= 4 is 5.76 Å². The topological polar surface area (TPSA) is 18.5 Å². The highest BCUT2D eigenvalue weighted by Gasteiger charge is 2.44. The zero-order valence-corrected chi connectivity index (χ0v) is 11.0. The zero-order valence-electron chi connectivity index (χ0n) is 11.0. The van der Waals surface area contributed by atoms with Crippen LogP contribution >= 0.6 is 0 Å². The average molecular weight is 268 g/mol. The predicted molar refractivity (Wildman–Crippen MR) is 70.0 cm³/mol. The van der Waals surface area contributed by atoms with Crippen molar-refractivity contribution in [3.63, 3.8) is 0 Å². The molecule has 1 aromatic rings. The van der Waals surface area contributed by atoms with Gasteiger partial charge in [-0.15, -0.1) is 0 Å². The van der Waals surface area contributed by atoms with E-state index < -0.39 is 12.0 Å². The summed E-state index contributed by atoms with van der Waals surface area (Å²) in [6, 6.07) is 6.16. The number of rotatable bonds is 5. The number of ether oxygens (including phenoxy) is 2. The summed E-state index contributed by atoms with van der Waals surface area (Å²) in [5.41, 5.74) is 0.537. The number of hydrogen-bond acceptors (Lipinski definition) is 2. The van der Waals surface area contributed by atoms with Crippen LogP contribution in [0.3, 0.4) is 0 Å². The van der Waals surface area contributed by atoms with Crippen LogP contribution < -0.4 is 0 Å². The van der Waals surface area contributed by atoms with Gasteiger partial charge in [-0.1, -0.05) is 24.8 Å². The van der Waals surface area contributed by atoms with E-state index >= 15 is 0 Å². The molecule has 19 heavy (non-hydrogen) atoms. The van der Waals surface area contributed by atoms with Gasteiger partial charge >= 0.3 is 0 Å². The fraction of sp³-hybridized carbons (Fsp3) is 0.467. The van der Waals surface area contributed by atoms with E-state index in [1.54, 1.807) is 12.1 Å². The van der Waals surface area contributed by atoms with Crippen molar-refractivity contribution in [1.82, 2.24) is 0 Å². The third-order valence-corrected chi connectivity index (χ3v) is 3.22. The molecule has 2 rings (SSSR count). The Morgan fingerprint density at radius 2 is 2.32 bits per heavy atom. The summed E-state index contributed by atoms with van der Waals surface area (Å²) in [5, 5.41) is 0. The Balaban J connectivity index is 2.24. The van der Waals surface area contributed by atoms with Crippen molar-refractivity contribution < 1.29 is 18.3 Å². The summed E-state index contributed by atoms with van der Waals surface area (Å²) in [4.78, 5) is 0. The lowest BCUT2D eigenvalue weighted by molar-refractivity contribution is -0.122. The van der Waals surface area contributed by atoms with Gasteiger partial charge in [0, 0.05) is 17.7 Å². The first-order chi connectivity index (χ1) is 9.05. The quantitative estimate of drug-likeness (QED) is 0.752. The first-order valence-electron chi connectivity index (χ1n) is 6.47. The van der Waals surface area contributed by atoms with E-state index in [1.807, 2.05) is 6.92 Å². The molecule has 0 saturated carbocycles. The standard InChI is InChI=1S/C15H18F2O2/c1-3-18-11(2)12-6-4-7-13(10-12)15(16,17)14-8-5-9-19-14/h4,6-7,10,14H,2-3,5,8-9H2,1H3. The minimum Gasteiger partial charge on any atom is -0.494 e. The van der Waals surface area contributed by atoms with Gasteiger partial charge < -0.3 is 9.47 Å². The van der Waals surface area contributed by atoms with E-state index in [0.29, 0.717) is 37.4 Å². The van der Waals surface area contributed by atoms with E-state index in [-0.39, 0.29) is 5.56 Å². The zero-order chi connectivity index (χ0) is 13.9. The molecule has 1 aliphatic rings. The molecule has 0 bridgehead atoms. The molecule has 0 radical (unpaired) electrons. The van der Waals surface area contributed by atoms with Crippen molar-refractivity contribution in [1.29, 1.82) is 0 Å². The van der Waals surface area contributed by atoms with Crippen molar-refractivity contribution in [2.45, 2.75) is 31.8 Å². The maximum atomic E-state index is 14.3. The van der Waals surface area contributed by atoms with Crippen LogP contribution in [0.25, 0.3) is 5.76 Å². The highest BCUT2D eigenvalue weighted by molar-refractivity contribution is 5.58. The van der Waals surface area contributed by atoms with E-state index in [0.717, 1.165) is 0 Å². The second-order valence-corrected chi connectivity index (χ2v) is 4.56. The average Bonchev–Trinajstić information content (AvgIpc) is 2.94. The minimum absolute atomic E-state index is 0.0437. The number of hydrogen-bond donors (Lipinski definition) is 0. The molecule has 0 amide bonds. The normalized spacial score (nSPS) is 19.4. The van der Waals surface area contributed by atoms with Gasteiger partial charge in [0.1, 0.15) is 11.9 Å². The molecule has 1 unspecified atom stereocenters. The minimum atomic E-state index is -2.97. The first kappa shape index (κ1) is 14.0. The molecule has 104 valence electrons. The highest BCUT2D eigenvalue weighted by Crippen LogP contribution is 2.38. The van der Waals surface area contributed by atoms with Gasteiger partial charge in [-0.2, -0.15) is 8.78 Å². The lowest BCUT2D eigenvalue weighted by Crippen LogP contribution is -2.30. The van der Waals surface area contributed by atoms with E-state index in [1.165, 1.54) is 12.1 Å². The molecule has 1 aromatic carbocycles. The number of benzene rings is 1.